The average molecular weight is 231 g/mol. The van der Waals surface area contributed by atoms with Crippen LogP contribution in [0.25, 0.3) is 0 Å². The minimum absolute atomic E-state index is 0.908. The van der Waals surface area contributed by atoms with Crippen molar-refractivity contribution < 1.29 is 0 Å². The minimum atomic E-state index is 0.908. The van der Waals surface area contributed by atoms with E-state index in [1.807, 2.05) is 23.6 Å². The van der Waals surface area contributed by atoms with Gasteiger partial charge in [-0.1, -0.05) is 6.07 Å². The summed E-state index contributed by atoms with van der Waals surface area (Å²) < 4.78 is 0. The molecule has 0 unspecified atom stereocenters. The van der Waals surface area contributed by atoms with E-state index in [4.69, 9.17) is 4.98 Å². The van der Waals surface area contributed by atoms with Crippen LogP contribution in [-0.2, 0) is 19.4 Å². The monoisotopic (exact) mass is 231 g/mol. The van der Waals surface area contributed by atoms with Crippen LogP contribution in [0.1, 0.15) is 21.1 Å². The van der Waals surface area contributed by atoms with Gasteiger partial charge in [0.25, 0.3) is 0 Å². The molecule has 3 rings (SSSR count). The zero-order valence-electron chi connectivity index (χ0n) is 8.94. The third-order valence-electron chi connectivity index (χ3n) is 2.72. The van der Waals surface area contributed by atoms with E-state index in [1.165, 1.54) is 21.1 Å². The maximum Gasteiger partial charge on any atom is 0.0976 e. The standard InChI is InChI=1S/C12H13N3S/c1-2-9(7-13-4-1)6-12-15-10-3-5-14-8-11(10)16-12/h1-2,4,7,14H,3,5-6,8H2. The van der Waals surface area contributed by atoms with Crippen molar-refractivity contribution in [3.8, 4) is 0 Å². The first-order chi connectivity index (χ1) is 7.92. The Morgan fingerprint density at radius 1 is 1.44 bits per heavy atom. The fourth-order valence-corrected chi connectivity index (χ4v) is 3.05. The third kappa shape index (κ3) is 1.99. The number of nitrogens with zero attached hydrogens (tertiary/aromatic N) is 2. The number of thiazole rings is 1. The highest BCUT2D eigenvalue weighted by molar-refractivity contribution is 7.11. The number of rotatable bonds is 2. The van der Waals surface area contributed by atoms with Crippen molar-refractivity contribution in [2.45, 2.75) is 19.4 Å². The molecule has 0 aliphatic carbocycles. The molecule has 0 atom stereocenters. The molecule has 0 aromatic carbocycles. The fraction of sp³-hybridized carbons (Fsp3) is 0.333. The summed E-state index contributed by atoms with van der Waals surface area (Å²) in [4.78, 5) is 10.2. The Balaban J connectivity index is 1.83. The Kier molecular flexibility index (Phi) is 2.68. The molecule has 82 valence electrons. The number of pyridine rings is 1. The van der Waals surface area contributed by atoms with E-state index in [1.54, 1.807) is 6.20 Å². The highest BCUT2D eigenvalue weighted by Crippen LogP contribution is 2.23. The van der Waals surface area contributed by atoms with Crippen LogP contribution < -0.4 is 5.32 Å². The lowest BCUT2D eigenvalue weighted by Crippen LogP contribution is -2.22. The molecular formula is C12H13N3S. The van der Waals surface area contributed by atoms with Gasteiger partial charge in [0.05, 0.1) is 10.7 Å². The van der Waals surface area contributed by atoms with Crippen LogP contribution in [-0.4, -0.2) is 16.5 Å². The van der Waals surface area contributed by atoms with Crippen LogP contribution >= 0.6 is 11.3 Å². The second-order valence-electron chi connectivity index (χ2n) is 3.94. The topological polar surface area (TPSA) is 37.8 Å². The van der Waals surface area contributed by atoms with Crippen LogP contribution in [0.15, 0.2) is 24.5 Å². The van der Waals surface area contributed by atoms with Gasteiger partial charge in [0.15, 0.2) is 0 Å². The molecule has 1 N–H and O–H groups in total. The Hall–Kier alpha value is -1.26. The first-order valence-corrected chi connectivity index (χ1v) is 6.30. The molecule has 0 saturated heterocycles. The number of nitrogens with one attached hydrogen (secondary N) is 1. The van der Waals surface area contributed by atoms with E-state index in [9.17, 15) is 0 Å². The Bertz CT molecular complexity index is 455. The summed E-state index contributed by atoms with van der Waals surface area (Å²) in [5.74, 6) is 0. The van der Waals surface area contributed by atoms with E-state index in [-0.39, 0.29) is 0 Å². The predicted molar refractivity (Wildman–Crippen MR) is 64.6 cm³/mol. The van der Waals surface area contributed by atoms with E-state index < -0.39 is 0 Å². The van der Waals surface area contributed by atoms with Crippen molar-refractivity contribution in [1.29, 1.82) is 0 Å². The highest BCUT2D eigenvalue weighted by atomic mass is 32.1. The van der Waals surface area contributed by atoms with Gasteiger partial charge in [-0.25, -0.2) is 4.98 Å². The Morgan fingerprint density at radius 3 is 3.25 bits per heavy atom. The van der Waals surface area contributed by atoms with E-state index in [2.05, 4.69) is 16.4 Å². The highest BCUT2D eigenvalue weighted by Gasteiger charge is 2.14. The predicted octanol–water partition coefficient (Wildman–Crippen LogP) is 1.77. The van der Waals surface area contributed by atoms with Gasteiger partial charge in [-0.15, -0.1) is 11.3 Å². The summed E-state index contributed by atoms with van der Waals surface area (Å²) >= 11 is 1.83. The summed E-state index contributed by atoms with van der Waals surface area (Å²) in [6, 6.07) is 4.08. The van der Waals surface area contributed by atoms with Crippen LogP contribution in [0, 0.1) is 0 Å². The van der Waals surface area contributed by atoms with Crippen molar-refractivity contribution >= 4 is 11.3 Å². The number of fused-ring (bicyclic) bond motifs is 1. The first-order valence-electron chi connectivity index (χ1n) is 5.49. The van der Waals surface area contributed by atoms with Crippen molar-refractivity contribution in [2.75, 3.05) is 6.54 Å². The fourth-order valence-electron chi connectivity index (χ4n) is 1.93. The van der Waals surface area contributed by atoms with Gasteiger partial charge >= 0.3 is 0 Å². The number of hydrogen-bond donors (Lipinski definition) is 1. The zero-order valence-corrected chi connectivity index (χ0v) is 9.76. The van der Waals surface area contributed by atoms with Crippen molar-refractivity contribution in [3.05, 3.63) is 45.7 Å². The maximum atomic E-state index is 4.70. The quantitative estimate of drug-likeness (QED) is 0.856. The lowest BCUT2D eigenvalue weighted by Gasteiger charge is -2.09. The molecular weight excluding hydrogens is 218 g/mol. The zero-order chi connectivity index (χ0) is 10.8. The van der Waals surface area contributed by atoms with Crippen molar-refractivity contribution in [2.24, 2.45) is 0 Å². The molecule has 0 bridgehead atoms. The molecule has 3 heterocycles. The molecule has 0 fully saturated rings. The van der Waals surface area contributed by atoms with Crippen LogP contribution in [0.2, 0.25) is 0 Å². The molecule has 2 aromatic rings. The van der Waals surface area contributed by atoms with Gasteiger partial charge in [-0.2, -0.15) is 0 Å². The van der Waals surface area contributed by atoms with Gasteiger partial charge in [-0.05, 0) is 11.6 Å². The maximum absolute atomic E-state index is 4.70. The van der Waals surface area contributed by atoms with Crippen molar-refractivity contribution in [3.63, 3.8) is 0 Å². The molecule has 16 heavy (non-hydrogen) atoms. The molecule has 4 heteroatoms. The molecule has 0 radical (unpaired) electrons. The molecule has 1 aliphatic heterocycles. The molecule has 2 aromatic heterocycles. The third-order valence-corrected chi connectivity index (χ3v) is 3.82. The van der Waals surface area contributed by atoms with Crippen molar-refractivity contribution in [1.82, 2.24) is 15.3 Å². The van der Waals surface area contributed by atoms with Gasteiger partial charge < -0.3 is 5.32 Å². The second kappa shape index (κ2) is 4.31. The summed E-state index contributed by atoms with van der Waals surface area (Å²) in [6.07, 6.45) is 5.70. The van der Waals surface area contributed by atoms with E-state index in [0.717, 1.165) is 25.9 Å². The SMILES string of the molecule is c1cncc(Cc2nc3c(s2)CNCC3)c1. The molecule has 1 aliphatic rings. The van der Waals surface area contributed by atoms with E-state index in [0.29, 0.717) is 0 Å². The van der Waals surface area contributed by atoms with E-state index >= 15 is 0 Å². The lowest BCUT2D eigenvalue weighted by atomic mass is 10.2. The number of hydrogen-bond acceptors (Lipinski definition) is 4. The summed E-state index contributed by atoms with van der Waals surface area (Å²) in [5.41, 5.74) is 2.53. The van der Waals surface area contributed by atoms with Gasteiger partial charge in [0, 0.05) is 43.2 Å². The smallest absolute Gasteiger partial charge is 0.0976 e. The van der Waals surface area contributed by atoms with Gasteiger partial charge in [0.2, 0.25) is 0 Å². The van der Waals surface area contributed by atoms with Gasteiger partial charge in [0.1, 0.15) is 0 Å². The normalized spacial score (nSPS) is 14.8. The molecule has 0 saturated carbocycles. The molecule has 0 spiro atoms. The largest absolute Gasteiger partial charge is 0.311 e. The van der Waals surface area contributed by atoms with Crippen LogP contribution in [0.5, 0.6) is 0 Å². The summed E-state index contributed by atoms with van der Waals surface area (Å²) in [6.45, 7) is 2.04. The van der Waals surface area contributed by atoms with Crippen LogP contribution in [0.3, 0.4) is 0 Å². The second-order valence-corrected chi connectivity index (χ2v) is 5.11. The Labute approximate surface area is 98.6 Å². The summed E-state index contributed by atoms with van der Waals surface area (Å²) in [5, 5.41) is 4.59. The van der Waals surface area contributed by atoms with Gasteiger partial charge in [-0.3, -0.25) is 4.98 Å². The molecule has 3 nitrogen and oxygen atoms in total. The number of aromatic nitrogens is 2. The summed E-state index contributed by atoms with van der Waals surface area (Å²) in [7, 11) is 0. The van der Waals surface area contributed by atoms with Crippen LogP contribution in [0.4, 0.5) is 0 Å². The Morgan fingerprint density at radius 2 is 2.44 bits per heavy atom. The molecule has 0 amide bonds. The lowest BCUT2D eigenvalue weighted by molar-refractivity contribution is 0.643. The average Bonchev–Trinajstić information content (AvgIpc) is 2.72. The minimum Gasteiger partial charge on any atom is -0.311 e. The first kappa shape index (κ1) is 9.93.